The third-order valence-electron chi connectivity index (χ3n) is 6.64. The van der Waals surface area contributed by atoms with Crippen molar-refractivity contribution < 1.29 is 35.6 Å². The standard InChI is InChI=1S/C27H28F4N4O4S/c1-26(2,17-28)24(36)32-18-7-9-19(10-8-18)33-40(38,39)23-12-11-22(20-5-3-4-6-21(20)23)34-13-15-35(16-14-34)25(37)27(29,30)31/h3-12,33H,13-17H2,1-2H3,(H,32,36). The van der Waals surface area contributed by atoms with E-state index in [2.05, 4.69) is 10.0 Å². The molecule has 0 unspecified atom stereocenters. The minimum absolute atomic E-state index is 0.000176. The third-order valence-corrected chi connectivity index (χ3v) is 8.08. The van der Waals surface area contributed by atoms with Crippen LogP contribution in [0.1, 0.15) is 13.8 Å². The smallest absolute Gasteiger partial charge is 0.367 e. The molecule has 0 radical (unpaired) electrons. The Morgan fingerprint density at radius 1 is 0.850 bits per heavy atom. The number of rotatable bonds is 7. The first-order valence-electron chi connectivity index (χ1n) is 12.4. The Bertz CT molecular complexity index is 1520. The molecule has 40 heavy (non-hydrogen) atoms. The molecule has 3 aromatic carbocycles. The average molecular weight is 581 g/mol. The lowest BCUT2D eigenvalue weighted by molar-refractivity contribution is -0.185. The van der Waals surface area contributed by atoms with Crippen LogP contribution in [0.3, 0.4) is 0 Å². The van der Waals surface area contributed by atoms with Crippen molar-refractivity contribution in [1.82, 2.24) is 4.90 Å². The number of anilines is 3. The van der Waals surface area contributed by atoms with Gasteiger partial charge >= 0.3 is 12.1 Å². The van der Waals surface area contributed by atoms with Gasteiger partial charge in [0.25, 0.3) is 10.0 Å². The van der Waals surface area contributed by atoms with Crippen LogP contribution in [0.15, 0.2) is 65.6 Å². The summed E-state index contributed by atoms with van der Waals surface area (Å²) in [5.41, 5.74) is 0.0503. The number of hydrogen-bond donors (Lipinski definition) is 2. The number of piperazine rings is 1. The van der Waals surface area contributed by atoms with Crippen molar-refractivity contribution in [3.8, 4) is 0 Å². The zero-order valence-electron chi connectivity index (χ0n) is 21.8. The van der Waals surface area contributed by atoms with Gasteiger partial charge in [-0.2, -0.15) is 13.2 Å². The summed E-state index contributed by atoms with van der Waals surface area (Å²) in [5, 5.41) is 3.60. The minimum Gasteiger partial charge on any atom is -0.367 e. The maximum Gasteiger partial charge on any atom is 0.471 e. The molecule has 0 aliphatic carbocycles. The van der Waals surface area contributed by atoms with E-state index in [1.54, 1.807) is 30.3 Å². The molecule has 2 N–H and O–H groups in total. The van der Waals surface area contributed by atoms with Gasteiger partial charge in [0.15, 0.2) is 0 Å². The number of hydrogen-bond acceptors (Lipinski definition) is 5. The molecule has 0 saturated carbocycles. The summed E-state index contributed by atoms with van der Waals surface area (Å²) >= 11 is 0. The zero-order valence-corrected chi connectivity index (χ0v) is 22.6. The molecule has 3 aromatic rings. The van der Waals surface area contributed by atoms with Gasteiger partial charge in [-0.05, 0) is 50.2 Å². The molecular weight excluding hydrogens is 552 g/mol. The summed E-state index contributed by atoms with van der Waals surface area (Å²) in [7, 11) is -4.07. The summed E-state index contributed by atoms with van der Waals surface area (Å²) in [5.74, 6) is -2.38. The van der Waals surface area contributed by atoms with E-state index in [4.69, 9.17) is 0 Å². The van der Waals surface area contributed by atoms with E-state index in [1.165, 1.54) is 44.2 Å². The Hall–Kier alpha value is -3.87. The first-order valence-corrected chi connectivity index (χ1v) is 13.8. The van der Waals surface area contributed by atoms with Crippen LogP contribution in [0.25, 0.3) is 10.8 Å². The quantitative estimate of drug-likeness (QED) is 0.392. The van der Waals surface area contributed by atoms with Gasteiger partial charge in [0.2, 0.25) is 5.91 Å². The summed E-state index contributed by atoms with van der Waals surface area (Å²) in [4.78, 5) is 26.3. The van der Waals surface area contributed by atoms with Gasteiger partial charge in [-0.1, -0.05) is 24.3 Å². The summed E-state index contributed by atoms with van der Waals surface area (Å²) in [6, 6.07) is 15.7. The van der Waals surface area contributed by atoms with Crippen molar-refractivity contribution in [1.29, 1.82) is 0 Å². The van der Waals surface area contributed by atoms with Crippen LogP contribution in [0, 0.1) is 5.41 Å². The average Bonchev–Trinajstić information content (AvgIpc) is 2.92. The molecule has 2 amide bonds. The lowest BCUT2D eigenvalue weighted by Crippen LogP contribution is -2.52. The van der Waals surface area contributed by atoms with Crippen molar-refractivity contribution >= 4 is 49.7 Å². The first kappa shape index (κ1) is 29.1. The molecule has 1 saturated heterocycles. The summed E-state index contributed by atoms with van der Waals surface area (Å²) in [6.45, 7) is 2.18. The van der Waals surface area contributed by atoms with Crippen LogP contribution in [0.5, 0.6) is 0 Å². The van der Waals surface area contributed by atoms with Crippen molar-refractivity contribution in [3.63, 3.8) is 0 Å². The minimum atomic E-state index is -4.93. The largest absolute Gasteiger partial charge is 0.471 e. The van der Waals surface area contributed by atoms with Crippen LogP contribution >= 0.6 is 0 Å². The molecule has 214 valence electrons. The lowest BCUT2D eigenvalue weighted by atomic mass is 9.94. The fraction of sp³-hybridized carbons (Fsp3) is 0.333. The summed E-state index contributed by atoms with van der Waals surface area (Å²) < 4.78 is 80.7. The highest BCUT2D eigenvalue weighted by Crippen LogP contribution is 2.34. The fourth-order valence-electron chi connectivity index (χ4n) is 4.29. The van der Waals surface area contributed by atoms with Crippen LogP contribution in [0.2, 0.25) is 0 Å². The van der Waals surface area contributed by atoms with Gasteiger partial charge in [0.05, 0.1) is 10.3 Å². The molecule has 1 heterocycles. The van der Waals surface area contributed by atoms with E-state index in [-0.39, 0.29) is 36.8 Å². The number of amides is 2. The number of fused-ring (bicyclic) bond motifs is 1. The molecular formula is C27H28F4N4O4S. The molecule has 13 heteroatoms. The van der Waals surface area contributed by atoms with Crippen LogP contribution in [-0.2, 0) is 19.6 Å². The summed E-state index contributed by atoms with van der Waals surface area (Å²) in [6.07, 6.45) is -4.93. The van der Waals surface area contributed by atoms with Crippen LogP contribution in [0.4, 0.5) is 34.6 Å². The number of alkyl halides is 4. The highest BCUT2D eigenvalue weighted by Gasteiger charge is 2.43. The maximum atomic E-state index is 13.4. The topological polar surface area (TPSA) is 98.8 Å². The molecule has 0 atom stereocenters. The second-order valence-corrected chi connectivity index (χ2v) is 11.7. The molecule has 0 bridgehead atoms. The maximum absolute atomic E-state index is 13.4. The third kappa shape index (κ3) is 6.14. The SMILES string of the molecule is CC(C)(CF)C(=O)Nc1ccc(NS(=O)(=O)c2ccc(N3CCN(C(=O)C(F)(F)F)CC3)c3ccccc23)cc1. The van der Waals surface area contributed by atoms with Gasteiger partial charge in [-0.3, -0.25) is 14.3 Å². The number of nitrogens with zero attached hydrogens (tertiary/aromatic N) is 2. The molecule has 1 aliphatic rings. The molecule has 1 fully saturated rings. The highest BCUT2D eigenvalue weighted by molar-refractivity contribution is 7.93. The first-order chi connectivity index (χ1) is 18.7. The van der Waals surface area contributed by atoms with Gasteiger partial charge < -0.3 is 15.1 Å². The van der Waals surface area contributed by atoms with Crippen LogP contribution in [-0.4, -0.2) is 64.2 Å². The lowest BCUT2D eigenvalue weighted by Gasteiger charge is -2.37. The predicted molar refractivity (Wildman–Crippen MR) is 144 cm³/mol. The molecule has 4 rings (SSSR count). The molecule has 1 aliphatic heterocycles. The Morgan fingerprint density at radius 2 is 1.43 bits per heavy atom. The van der Waals surface area contributed by atoms with Crippen molar-refractivity contribution in [2.24, 2.45) is 5.41 Å². The van der Waals surface area contributed by atoms with Gasteiger partial charge in [-0.15, -0.1) is 0 Å². The number of halogens is 4. The fourth-order valence-corrected chi connectivity index (χ4v) is 5.56. The zero-order chi connectivity index (χ0) is 29.3. The Balaban J connectivity index is 1.53. The van der Waals surface area contributed by atoms with Gasteiger partial charge in [-0.25, -0.2) is 12.8 Å². The van der Waals surface area contributed by atoms with Crippen molar-refractivity contribution in [3.05, 3.63) is 60.7 Å². The van der Waals surface area contributed by atoms with Crippen molar-refractivity contribution in [2.45, 2.75) is 24.9 Å². The van der Waals surface area contributed by atoms with Crippen molar-refractivity contribution in [2.75, 3.05) is 47.8 Å². The number of benzene rings is 3. The van der Waals surface area contributed by atoms with Gasteiger partial charge in [0, 0.05) is 54.0 Å². The Labute approximate surface area is 229 Å². The Morgan fingerprint density at radius 3 is 2.00 bits per heavy atom. The molecule has 0 spiro atoms. The number of carbonyl (C=O) groups is 2. The van der Waals surface area contributed by atoms with E-state index in [0.717, 1.165) is 4.90 Å². The highest BCUT2D eigenvalue weighted by atomic mass is 32.2. The monoisotopic (exact) mass is 580 g/mol. The van der Waals surface area contributed by atoms with E-state index in [0.29, 0.717) is 22.1 Å². The number of nitrogens with one attached hydrogen (secondary N) is 2. The van der Waals surface area contributed by atoms with E-state index in [1.807, 2.05) is 4.90 Å². The van der Waals surface area contributed by atoms with Crippen LogP contribution < -0.4 is 14.9 Å². The number of sulfonamides is 1. The van der Waals surface area contributed by atoms with E-state index < -0.39 is 40.1 Å². The normalized spacial score (nSPS) is 14.8. The predicted octanol–water partition coefficient (Wildman–Crippen LogP) is 4.79. The van der Waals surface area contributed by atoms with Gasteiger partial charge in [0.1, 0.15) is 6.67 Å². The second kappa shape index (κ2) is 11.0. The van der Waals surface area contributed by atoms with E-state index in [9.17, 15) is 35.6 Å². The molecule has 0 aromatic heterocycles. The Kier molecular flexibility index (Phi) is 7.97. The van der Waals surface area contributed by atoms with E-state index >= 15 is 0 Å². The second-order valence-electron chi connectivity index (χ2n) is 10.1. The molecule has 8 nitrogen and oxygen atoms in total. The number of carbonyl (C=O) groups excluding carboxylic acids is 2.